The summed E-state index contributed by atoms with van der Waals surface area (Å²) >= 11 is 0. The molecule has 0 saturated carbocycles. The van der Waals surface area contributed by atoms with E-state index < -0.39 is 0 Å². The van der Waals surface area contributed by atoms with Gasteiger partial charge in [-0.3, -0.25) is 4.79 Å². The van der Waals surface area contributed by atoms with Gasteiger partial charge in [-0.25, -0.2) is 0 Å². The summed E-state index contributed by atoms with van der Waals surface area (Å²) < 4.78 is 5.59. The molecule has 0 aromatic heterocycles. The van der Waals surface area contributed by atoms with Crippen LogP contribution in [-0.2, 0) is 4.79 Å². The van der Waals surface area contributed by atoms with Crippen LogP contribution in [0.4, 0.5) is 0 Å². The number of hydrogen-bond acceptors (Lipinski definition) is 3. The van der Waals surface area contributed by atoms with Crippen LogP contribution < -0.4 is 10.1 Å². The number of hydrogen-bond donors (Lipinski definition) is 1. The molecule has 1 saturated heterocycles. The minimum atomic E-state index is 0. The van der Waals surface area contributed by atoms with Crippen LogP contribution in [-0.4, -0.2) is 43.1 Å². The predicted molar refractivity (Wildman–Crippen MR) is 87.3 cm³/mol. The molecule has 1 amide bonds. The zero-order valence-electron chi connectivity index (χ0n) is 13.0. The first-order valence-corrected chi connectivity index (χ1v) is 7.31. The Bertz CT molecular complexity index is 448. The van der Waals surface area contributed by atoms with Gasteiger partial charge in [0.2, 0.25) is 0 Å². The lowest BCUT2D eigenvalue weighted by Crippen LogP contribution is -2.53. The highest BCUT2D eigenvalue weighted by Gasteiger charge is 2.22. The summed E-state index contributed by atoms with van der Waals surface area (Å²) in [6.07, 6.45) is 0. The number of carbonyl (C=O) groups excluding carboxylic acids is 1. The van der Waals surface area contributed by atoms with E-state index in [1.54, 1.807) is 0 Å². The fourth-order valence-electron chi connectivity index (χ4n) is 2.39. The number of nitrogens with one attached hydrogen (secondary N) is 1. The topological polar surface area (TPSA) is 41.6 Å². The molecule has 1 heterocycles. The highest BCUT2D eigenvalue weighted by molar-refractivity contribution is 5.85. The van der Waals surface area contributed by atoms with Crippen molar-refractivity contribution in [3.63, 3.8) is 0 Å². The molecule has 21 heavy (non-hydrogen) atoms. The van der Waals surface area contributed by atoms with Gasteiger partial charge in [-0.05, 0) is 30.5 Å². The Balaban J connectivity index is 0.00000220. The molecule has 118 valence electrons. The van der Waals surface area contributed by atoms with Gasteiger partial charge in [0.1, 0.15) is 5.75 Å². The highest BCUT2D eigenvalue weighted by Crippen LogP contribution is 2.18. The van der Waals surface area contributed by atoms with E-state index in [9.17, 15) is 4.79 Å². The Hall–Kier alpha value is -1.26. The third kappa shape index (κ3) is 4.90. The van der Waals surface area contributed by atoms with Crippen LogP contribution in [0.25, 0.3) is 0 Å². The number of halogens is 1. The fourth-order valence-corrected chi connectivity index (χ4v) is 2.39. The van der Waals surface area contributed by atoms with Gasteiger partial charge >= 0.3 is 0 Å². The molecule has 0 bridgehead atoms. The highest BCUT2D eigenvalue weighted by atomic mass is 35.5. The summed E-state index contributed by atoms with van der Waals surface area (Å²) in [5, 5.41) is 3.28. The number of rotatable bonds is 4. The Labute approximate surface area is 133 Å². The van der Waals surface area contributed by atoms with Crippen molar-refractivity contribution < 1.29 is 9.53 Å². The van der Waals surface area contributed by atoms with Crippen LogP contribution in [0.2, 0.25) is 0 Å². The first-order chi connectivity index (χ1) is 9.58. The first kappa shape index (κ1) is 17.8. The summed E-state index contributed by atoms with van der Waals surface area (Å²) in [4.78, 5) is 14.0. The molecule has 0 spiro atoms. The number of ether oxygens (including phenoxy) is 1. The van der Waals surface area contributed by atoms with Gasteiger partial charge in [-0.15, -0.1) is 12.4 Å². The second-order valence-corrected chi connectivity index (χ2v) is 5.65. The average molecular weight is 313 g/mol. The first-order valence-electron chi connectivity index (χ1n) is 7.31. The average Bonchev–Trinajstić information content (AvgIpc) is 2.45. The molecule has 1 N–H and O–H groups in total. The second-order valence-electron chi connectivity index (χ2n) is 5.65. The van der Waals surface area contributed by atoms with Crippen molar-refractivity contribution in [2.45, 2.75) is 32.7 Å². The summed E-state index contributed by atoms with van der Waals surface area (Å²) in [6.45, 7) is 8.97. The molecular formula is C16H25ClN2O2. The van der Waals surface area contributed by atoms with Crippen LogP contribution in [0, 0.1) is 0 Å². The molecule has 5 heteroatoms. The minimum Gasteiger partial charge on any atom is -0.484 e. The third-order valence-electron chi connectivity index (χ3n) is 3.73. The van der Waals surface area contributed by atoms with Gasteiger partial charge in [0, 0.05) is 25.7 Å². The van der Waals surface area contributed by atoms with E-state index >= 15 is 0 Å². The lowest BCUT2D eigenvalue weighted by molar-refractivity contribution is -0.136. The molecule has 2 rings (SSSR count). The third-order valence-corrected chi connectivity index (χ3v) is 3.73. The van der Waals surface area contributed by atoms with E-state index in [4.69, 9.17) is 4.74 Å². The molecule has 1 atom stereocenters. The number of nitrogens with zero attached hydrogens (tertiary/aromatic N) is 1. The Morgan fingerprint density at radius 2 is 2.05 bits per heavy atom. The van der Waals surface area contributed by atoms with Gasteiger partial charge in [0.25, 0.3) is 5.91 Å². The lowest BCUT2D eigenvalue weighted by atomic mass is 10.0. The summed E-state index contributed by atoms with van der Waals surface area (Å²) in [5.41, 5.74) is 1.28. The van der Waals surface area contributed by atoms with Crippen LogP contribution in [0.3, 0.4) is 0 Å². The second kappa shape index (κ2) is 8.25. The van der Waals surface area contributed by atoms with E-state index in [1.165, 1.54) is 5.56 Å². The maximum atomic E-state index is 12.1. The molecular weight excluding hydrogens is 288 g/mol. The van der Waals surface area contributed by atoms with Gasteiger partial charge in [0.05, 0.1) is 0 Å². The van der Waals surface area contributed by atoms with Crippen LogP contribution in [0.15, 0.2) is 24.3 Å². The van der Waals surface area contributed by atoms with E-state index in [0.717, 1.165) is 25.4 Å². The van der Waals surface area contributed by atoms with Gasteiger partial charge in [-0.2, -0.15) is 0 Å². The largest absolute Gasteiger partial charge is 0.484 e. The maximum absolute atomic E-state index is 12.1. The summed E-state index contributed by atoms with van der Waals surface area (Å²) in [6, 6.07) is 8.21. The van der Waals surface area contributed by atoms with Crippen molar-refractivity contribution in [3.05, 3.63) is 29.8 Å². The van der Waals surface area contributed by atoms with Crippen LogP contribution in [0.1, 0.15) is 32.3 Å². The number of carbonyl (C=O) groups is 1. The zero-order chi connectivity index (χ0) is 14.5. The molecule has 1 fully saturated rings. The van der Waals surface area contributed by atoms with Gasteiger partial charge in [0.15, 0.2) is 6.61 Å². The smallest absolute Gasteiger partial charge is 0.260 e. The van der Waals surface area contributed by atoms with Crippen molar-refractivity contribution in [2.75, 3.05) is 26.2 Å². The maximum Gasteiger partial charge on any atom is 0.260 e. The SMILES string of the molecule is CC(C)c1ccc(OCC(=O)N2CCNC[C@@H]2C)cc1.Cl. The number of benzene rings is 1. The molecule has 1 aliphatic heterocycles. The Kier molecular flexibility index (Phi) is 6.99. The van der Waals surface area contributed by atoms with E-state index in [2.05, 4.69) is 38.2 Å². The standard InChI is InChI=1S/C16H24N2O2.ClH/c1-12(2)14-4-6-15(7-5-14)20-11-16(19)18-9-8-17-10-13(18)3;/h4-7,12-13,17H,8-11H2,1-3H3;1H/t13-;/m0./s1. The van der Waals surface area contributed by atoms with Crippen molar-refractivity contribution in [1.82, 2.24) is 10.2 Å². The minimum absolute atomic E-state index is 0. The van der Waals surface area contributed by atoms with E-state index in [1.807, 2.05) is 17.0 Å². The lowest BCUT2D eigenvalue weighted by Gasteiger charge is -2.33. The van der Waals surface area contributed by atoms with Gasteiger partial charge in [-0.1, -0.05) is 26.0 Å². The normalized spacial score (nSPS) is 18.3. The zero-order valence-corrected chi connectivity index (χ0v) is 13.8. The van der Waals surface area contributed by atoms with E-state index in [-0.39, 0.29) is 31.0 Å². The Morgan fingerprint density at radius 1 is 1.38 bits per heavy atom. The molecule has 0 unspecified atom stereocenters. The molecule has 1 aliphatic rings. The number of amides is 1. The molecule has 4 nitrogen and oxygen atoms in total. The van der Waals surface area contributed by atoms with Crippen molar-refractivity contribution in [3.8, 4) is 5.75 Å². The van der Waals surface area contributed by atoms with Crippen molar-refractivity contribution >= 4 is 18.3 Å². The predicted octanol–water partition coefficient (Wildman–Crippen LogP) is 2.43. The quantitative estimate of drug-likeness (QED) is 0.928. The van der Waals surface area contributed by atoms with Crippen molar-refractivity contribution in [1.29, 1.82) is 0 Å². The van der Waals surface area contributed by atoms with E-state index in [0.29, 0.717) is 5.92 Å². The fraction of sp³-hybridized carbons (Fsp3) is 0.562. The monoisotopic (exact) mass is 312 g/mol. The molecule has 0 radical (unpaired) electrons. The summed E-state index contributed by atoms with van der Waals surface area (Å²) in [7, 11) is 0. The molecule has 1 aromatic rings. The molecule has 0 aliphatic carbocycles. The van der Waals surface area contributed by atoms with Gasteiger partial charge < -0.3 is 15.0 Å². The van der Waals surface area contributed by atoms with Crippen molar-refractivity contribution in [2.24, 2.45) is 0 Å². The number of piperazine rings is 1. The van der Waals surface area contributed by atoms with Crippen LogP contribution >= 0.6 is 12.4 Å². The Morgan fingerprint density at radius 3 is 2.62 bits per heavy atom. The molecule has 1 aromatic carbocycles. The summed E-state index contributed by atoms with van der Waals surface area (Å²) in [5.74, 6) is 1.32. The van der Waals surface area contributed by atoms with Crippen LogP contribution in [0.5, 0.6) is 5.75 Å².